The largest absolute Gasteiger partial charge is 0.290 e. The van der Waals surface area contributed by atoms with Gasteiger partial charge in [0.25, 0.3) is 11.4 Å². The Morgan fingerprint density at radius 1 is 0.784 bits per heavy atom. The van der Waals surface area contributed by atoms with Gasteiger partial charge < -0.3 is 0 Å². The van der Waals surface area contributed by atoms with Gasteiger partial charge in [0.15, 0.2) is 0 Å². The lowest BCUT2D eigenvalue weighted by Crippen LogP contribution is -2.03. The Morgan fingerprint density at radius 2 is 1.41 bits per heavy atom. The molecule has 9 nitrogen and oxygen atoms in total. The van der Waals surface area contributed by atoms with Crippen molar-refractivity contribution in [1.82, 2.24) is 14.8 Å². The van der Waals surface area contributed by atoms with Crippen molar-refractivity contribution < 1.29 is 9.85 Å². The number of hydrogen-bond donors (Lipinski definition) is 0. The van der Waals surface area contributed by atoms with Gasteiger partial charge in [-0.3, -0.25) is 24.8 Å². The number of aryl methyl sites for hydroxylation is 1. The SMILES string of the molecule is CCCCCCCCCCCCCc1nnc(Sc2ccc([N+](=O)[O-])cc2[N+](=O)[O-])n1-c1ccccc1. The van der Waals surface area contributed by atoms with Gasteiger partial charge >= 0.3 is 0 Å². The molecule has 0 aliphatic heterocycles. The minimum Gasteiger partial charge on any atom is -0.274 e. The molecule has 198 valence electrons. The fourth-order valence-corrected chi connectivity index (χ4v) is 5.21. The lowest BCUT2D eigenvalue weighted by molar-refractivity contribution is -0.396. The standard InChI is InChI=1S/C27H35N5O4S/c1-2-3-4-5-6-7-8-9-10-11-15-18-26-28-29-27(30(26)22-16-13-12-14-17-22)37-25-20-19-23(31(33)34)21-24(25)32(35)36/h12-14,16-17,19-21H,2-11,15,18H2,1H3. The molecule has 0 aliphatic rings. The smallest absolute Gasteiger partial charge is 0.274 e. The van der Waals surface area contributed by atoms with Crippen molar-refractivity contribution in [2.24, 2.45) is 0 Å². The average Bonchev–Trinajstić information content (AvgIpc) is 3.29. The fraction of sp³-hybridized carbons (Fsp3) is 0.481. The number of nitrogens with zero attached hydrogens (tertiary/aromatic N) is 5. The molecular formula is C27H35N5O4S. The molecular weight excluding hydrogens is 490 g/mol. The highest BCUT2D eigenvalue weighted by molar-refractivity contribution is 7.99. The van der Waals surface area contributed by atoms with Crippen LogP contribution in [-0.4, -0.2) is 24.6 Å². The lowest BCUT2D eigenvalue weighted by atomic mass is 10.1. The van der Waals surface area contributed by atoms with Crippen LogP contribution in [0.1, 0.15) is 83.4 Å². The summed E-state index contributed by atoms with van der Waals surface area (Å²) in [4.78, 5) is 21.7. The normalized spacial score (nSPS) is 11.1. The van der Waals surface area contributed by atoms with E-state index in [1.807, 2.05) is 34.9 Å². The molecule has 37 heavy (non-hydrogen) atoms. The molecule has 2 aromatic carbocycles. The van der Waals surface area contributed by atoms with Crippen molar-refractivity contribution in [2.45, 2.75) is 94.0 Å². The van der Waals surface area contributed by atoms with Crippen LogP contribution in [0.25, 0.3) is 5.69 Å². The van der Waals surface area contributed by atoms with E-state index >= 15 is 0 Å². The first kappa shape index (κ1) is 28.3. The number of non-ortho nitro benzene ring substituents is 1. The van der Waals surface area contributed by atoms with Crippen LogP contribution in [0.5, 0.6) is 0 Å². The maximum absolute atomic E-state index is 11.6. The van der Waals surface area contributed by atoms with Crippen molar-refractivity contribution in [1.29, 1.82) is 0 Å². The summed E-state index contributed by atoms with van der Waals surface area (Å²) in [6, 6.07) is 13.3. The van der Waals surface area contributed by atoms with Crippen LogP contribution in [0.4, 0.5) is 11.4 Å². The van der Waals surface area contributed by atoms with Gasteiger partial charge in [0.2, 0.25) is 5.16 Å². The number of para-hydroxylation sites is 1. The highest BCUT2D eigenvalue weighted by Gasteiger charge is 2.23. The number of rotatable bonds is 17. The van der Waals surface area contributed by atoms with Gasteiger partial charge in [-0.15, -0.1) is 10.2 Å². The van der Waals surface area contributed by atoms with Crippen molar-refractivity contribution in [3.63, 3.8) is 0 Å². The number of nitro groups is 2. The molecule has 0 aliphatic carbocycles. The Morgan fingerprint density at radius 3 is 2.00 bits per heavy atom. The predicted octanol–water partition coefficient (Wildman–Crippen LogP) is 8.09. The molecule has 0 amide bonds. The van der Waals surface area contributed by atoms with Crippen LogP contribution in [0, 0.1) is 20.2 Å². The lowest BCUT2D eigenvalue weighted by Gasteiger charge is -2.10. The zero-order valence-electron chi connectivity index (χ0n) is 21.4. The van der Waals surface area contributed by atoms with Gasteiger partial charge in [0.1, 0.15) is 5.82 Å². The van der Waals surface area contributed by atoms with Crippen molar-refractivity contribution in [3.05, 3.63) is 74.6 Å². The first-order chi connectivity index (χ1) is 18.0. The minimum absolute atomic E-state index is 0.279. The second-order valence-electron chi connectivity index (χ2n) is 9.12. The van der Waals surface area contributed by atoms with E-state index < -0.39 is 9.85 Å². The second kappa shape index (κ2) is 15.1. The van der Waals surface area contributed by atoms with E-state index in [-0.39, 0.29) is 16.3 Å². The number of unbranched alkanes of at least 4 members (excludes halogenated alkanes) is 10. The first-order valence-corrected chi connectivity index (χ1v) is 13.9. The van der Waals surface area contributed by atoms with E-state index in [1.165, 1.54) is 69.9 Å². The number of nitro benzene ring substituents is 2. The van der Waals surface area contributed by atoms with E-state index in [1.54, 1.807) is 0 Å². The summed E-state index contributed by atoms with van der Waals surface area (Å²) in [5.41, 5.74) is 0.226. The quantitative estimate of drug-likeness (QED) is 0.0992. The monoisotopic (exact) mass is 525 g/mol. The molecule has 10 heteroatoms. The molecule has 0 spiro atoms. The van der Waals surface area contributed by atoms with Gasteiger partial charge in [0.05, 0.1) is 20.8 Å². The van der Waals surface area contributed by atoms with Crippen LogP contribution in [-0.2, 0) is 6.42 Å². The fourth-order valence-electron chi connectivity index (χ4n) is 4.26. The maximum Gasteiger partial charge on any atom is 0.290 e. The Hall–Kier alpha value is -3.27. The van der Waals surface area contributed by atoms with Crippen molar-refractivity contribution in [3.8, 4) is 5.69 Å². The summed E-state index contributed by atoms with van der Waals surface area (Å²) in [6.45, 7) is 2.24. The molecule has 0 unspecified atom stereocenters. The molecule has 1 heterocycles. The van der Waals surface area contributed by atoms with E-state index in [0.29, 0.717) is 5.16 Å². The molecule has 0 bridgehead atoms. The molecule has 0 N–H and O–H groups in total. The number of benzene rings is 2. The zero-order valence-corrected chi connectivity index (χ0v) is 22.2. The van der Waals surface area contributed by atoms with Gasteiger partial charge in [-0.1, -0.05) is 89.3 Å². The van der Waals surface area contributed by atoms with E-state index in [9.17, 15) is 20.2 Å². The molecule has 0 atom stereocenters. The Balaban J connectivity index is 1.63. The van der Waals surface area contributed by atoms with E-state index in [2.05, 4.69) is 17.1 Å². The third-order valence-electron chi connectivity index (χ3n) is 6.27. The molecule has 0 saturated heterocycles. The molecule has 0 fully saturated rings. The Kier molecular flexibility index (Phi) is 11.5. The highest BCUT2D eigenvalue weighted by Crippen LogP contribution is 2.37. The highest BCUT2D eigenvalue weighted by atomic mass is 32.2. The first-order valence-electron chi connectivity index (χ1n) is 13.1. The summed E-state index contributed by atoms with van der Waals surface area (Å²) in [5, 5.41) is 31.9. The second-order valence-corrected chi connectivity index (χ2v) is 10.1. The van der Waals surface area contributed by atoms with Crippen molar-refractivity contribution >= 4 is 23.1 Å². The zero-order chi connectivity index (χ0) is 26.5. The molecule has 3 aromatic rings. The Bertz CT molecular complexity index is 1150. The molecule has 0 saturated carbocycles. The molecule has 3 rings (SSSR count). The van der Waals surface area contributed by atoms with Crippen LogP contribution < -0.4 is 0 Å². The number of aromatic nitrogens is 3. The van der Waals surface area contributed by atoms with Gasteiger partial charge in [-0.25, -0.2) is 0 Å². The van der Waals surface area contributed by atoms with Gasteiger partial charge in [-0.05, 0) is 36.4 Å². The van der Waals surface area contributed by atoms with E-state index in [0.717, 1.165) is 48.6 Å². The van der Waals surface area contributed by atoms with E-state index in [4.69, 9.17) is 0 Å². The van der Waals surface area contributed by atoms with Gasteiger partial charge in [-0.2, -0.15) is 0 Å². The summed E-state index contributed by atoms with van der Waals surface area (Å²) in [6.07, 6.45) is 14.6. The summed E-state index contributed by atoms with van der Waals surface area (Å²) >= 11 is 1.09. The summed E-state index contributed by atoms with van der Waals surface area (Å²) in [5.74, 6) is 0.800. The summed E-state index contributed by atoms with van der Waals surface area (Å²) < 4.78 is 1.92. The Labute approximate surface area is 222 Å². The predicted molar refractivity (Wildman–Crippen MR) is 145 cm³/mol. The maximum atomic E-state index is 11.6. The van der Waals surface area contributed by atoms with Crippen LogP contribution in [0.2, 0.25) is 0 Å². The van der Waals surface area contributed by atoms with Gasteiger partial charge in [0, 0.05) is 18.2 Å². The minimum atomic E-state index is -0.639. The van der Waals surface area contributed by atoms with Crippen molar-refractivity contribution in [2.75, 3.05) is 0 Å². The third-order valence-corrected chi connectivity index (χ3v) is 7.28. The topological polar surface area (TPSA) is 117 Å². The average molecular weight is 526 g/mol. The number of hydrogen-bond acceptors (Lipinski definition) is 7. The summed E-state index contributed by atoms with van der Waals surface area (Å²) in [7, 11) is 0. The molecule has 0 radical (unpaired) electrons. The molecule has 1 aromatic heterocycles. The van der Waals surface area contributed by atoms with Crippen LogP contribution >= 0.6 is 11.8 Å². The van der Waals surface area contributed by atoms with Crippen LogP contribution in [0.3, 0.4) is 0 Å². The van der Waals surface area contributed by atoms with Crippen LogP contribution in [0.15, 0.2) is 58.6 Å². The third kappa shape index (κ3) is 8.66.